The number of carbonyl (C=O) groups is 12. The van der Waals surface area contributed by atoms with Crippen LogP contribution in [0, 0.1) is 17.8 Å². The number of hydrogen-bond donors (Lipinski definition) is 4. The topological polar surface area (TPSA) is 279 Å². The Labute approximate surface area is 559 Å². The van der Waals surface area contributed by atoms with Gasteiger partial charge < -0.3 is 60.5 Å². The van der Waals surface area contributed by atoms with Crippen LogP contribution in [0.25, 0.3) is 0 Å². The van der Waals surface area contributed by atoms with Gasteiger partial charge in [-0.1, -0.05) is 132 Å². The van der Waals surface area contributed by atoms with Crippen molar-refractivity contribution in [2.75, 3.05) is 82.1 Å². The molecule has 2 saturated heterocycles. The molecular weight excluding hydrogens is 1220 g/mol. The van der Waals surface area contributed by atoms with Crippen molar-refractivity contribution in [2.24, 2.45) is 17.8 Å². The molecule has 5 rings (SSSR count). The highest BCUT2D eigenvalue weighted by molar-refractivity contribution is 6.30. The van der Waals surface area contributed by atoms with Crippen LogP contribution >= 0.6 is 11.6 Å². The van der Waals surface area contributed by atoms with Crippen LogP contribution < -0.4 is 21.3 Å². The Hall–Kier alpha value is -8.41. The van der Waals surface area contributed by atoms with E-state index >= 15 is 14.4 Å². The van der Waals surface area contributed by atoms with Gasteiger partial charge in [-0.3, -0.25) is 57.5 Å². The molecule has 3 aromatic carbocycles. The molecule has 24 nitrogen and oxygen atoms in total. The molecule has 3 aromatic rings. The lowest BCUT2D eigenvalue weighted by Crippen LogP contribution is -2.61. The van der Waals surface area contributed by atoms with Gasteiger partial charge in [0.05, 0.1) is 26.1 Å². The molecule has 0 radical (unpaired) electrons. The van der Waals surface area contributed by atoms with Crippen molar-refractivity contribution in [3.63, 3.8) is 0 Å². The second-order valence-corrected chi connectivity index (χ2v) is 26.5. The fourth-order valence-electron chi connectivity index (χ4n) is 11.5. The summed E-state index contributed by atoms with van der Waals surface area (Å²) in [4.78, 5) is 185. The van der Waals surface area contributed by atoms with Crippen molar-refractivity contribution in [3.05, 3.63) is 107 Å². The van der Waals surface area contributed by atoms with Gasteiger partial charge in [0.15, 0.2) is 0 Å². The third-order valence-electron chi connectivity index (χ3n) is 17.8. The van der Waals surface area contributed by atoms with Gasteiger partial charge in [0.1, 0.15) is 48.3 Å². The molecule has 2 aliphatic rings. The van der Waals surface area contributed by atoms with Crippen molar-refractivity contribution in [2.45, 2.75) is 155 Å². The van der Waals surface area contributed by atoms with Crippen LogP contribution in [0.5, 0.6) is 0 Å². The van der Waals surface area contributed by atoms with Crippen LogP contribution in [-0.4, -0.2) is 240 Å². The van der Waals surface area contributed by atoms with Gasteiger partial charge in [0.25, 0.3) is 0 Å². The Balaban J connectivity index is 1.62. The minimum atomic E-state index is -1.45. The highest BCUT2D eigenvalue weighted by Crippen LogP contribution is 2.22. The highest BCUT2D eigenvalue weighted by Gasteiger charge is 2.42. The molecule has 2 heterocycles. The first kappa shape index (κ1) is 76.3. The monoisotopic (exact) mass is 1320 g/mol. The molecule has 2 aliphatic heterocycles. The Kier molecular flexibility index (Phi) is 29.0. The molecule has 12 amide bonds. The number of likely N-dealkylation sites (tertiary alicyclic amines) is 1. The molecule has 1 unspecified atom stereocenters. The summed E-state index contributed by atoms with van der Waals surface area (Å²) in [7, 11) is 9.74. The largest absolute Gasteiger partial charge is 0.342 e. The molecule has 0 saturated carbocycles. The zero-order valence-electron chi connectivity index (χ0n) is 57.2. The van der Waals surface area contributed by atoms with E-state index in [9.17, 15) is 43.2 Å². The Morgan fingerprint density at radius 2 is 1.00 bits per heavy atom. The molecule has 2 fully saturated rings. The average Bonchev–Trinajstić information content (AvgIpc) is 1.47. The van der Waals surface area contributed by atoms with Crippen molar-refractivity contribution < 1.29 is 57.5 Å². The van der Waals surface area contributed by atoms with Crippen LogP contribution in [0.1, 0.15) is 104 Å². The maximum Gasteiger partial charge on any atom is 0.246 e. The lowest BCUT2D eigenvalue weighted by molar-refractivity contribution is -0.150. The molecule has 0 spiro atoms. The molecule has 0 aromatic heterocycles. The van der Waals surface area contributed by atoms with E-state index in [-0.39, 0.29) is 43.9 Å². The number of halogens is 1. The van der Waals surface area contributed by atoms with E-state index in [1.54, 1.807) is 96.8 Å². The number of nitrogens with zero attached hydrogens (tertiary/aromatic N) is 8. The van der Waals surface area contributed by atoms with Gasteiger partial charge in [0.2, 0.25) is 70.9 Å². The second-order valence-electron chi connectivity index (χ2n) is 26.1. The summed E-state index contributed by atoms with van der Waals surface area (Å²) < 4.78 is 0. The van der Waals surface area contributed by atoms with Gasteiger partial charge >= 0.3 is 0 Å². The third-order valence-corrected chi connectivity index (χ3v) is 18.0. The number of nitrogens with one attached hydrogen (secondary N) is 4. The van der Waals surface area contributed by atoms with Crippen LogP contribution in [0.3, 0.4) is 0 Å². The van der Waals surface area contributed by atoms with Gasteiger partial charge in [-0.05, 0) is 79.2 Å². The lowest BCUT2D eigenvalue weighted by atomic mass is 9.97. The number of likely N-dealkylation sites (N-methyl/N-ethyl adjacent to an activating group) is 7. The number of amides is 12. The number of rotatable bonds is 13. The summed E-state index contributed by atoms with van der Waals surface area (Å²) in [6.45, 7) is 11.5. The first-order valence-electron chi connectivity index (χ1n) is 32.4. The Bertz CT molecular complexity index is 3130. The van der Waals surface area contributed by atoms with Crippen molar-refractivity contribution in [1.29, 1.82) is 0 Å². The smallest absolute Gasteiger partial charge is 0.246 e. The van der Waals surface area contributed by atoms with Crippen molar-refractivity contribution in [1.82, 2.24) is 60.5 Å². The van der Waals surface area contributed by atoms with Crippen molar-refractivity contribution >= 4 is 82.5 Å². The van der Waals surface area contributed by atoms with Crippen LogP contribution in [-0.2, 0) is 76.8 Å². The summed E-state index contributed by atoms with van der Waals surface area (Å²) in [6, 6.07) is 14.1. The van der Waals surface area contributed by atoms with Gasteiger partial charge in [-0.25, -0.2) is 0 Å². The van der Waals surface area contributed by atoms with E-state index in [4.69, 9.17) is 11.6 Å². The summed E-state index contributed by atoms with van der Waals surface area (Å²) in [5, 5.41) is 11.7. The van der Waals surface area contributed by atoms with E-state index in [2.05, 4.69) is 21.3 Å². The predicted octanol–water partition coefficient (Wildman–Crippen LogP) is 3.17. The van der Waals surface area contributed by atoms with Gasteiger partial charge in [-0.15, -0.1) is 0 Å². The number of carbonyl (C=O) groups excluding carboxylic acids is 12. The summed E-state index contributed by atoms with van der Waals surface area (Å²) in [5.74, 6) is -9.08. The molecule has 9 atom stereocenters. The third kappa shape index (κ3) is 21.6. The molecule has 514 valence electrons. The van der Waals surface area contributed by atoms with E-state index in [1.165, 1.54) is 71.0 Å². The standard InChI is InChI=1S/C69H99ClN12O12/c1-15-45(6)61-69(94)77(10)41-59(85)75(8)42-60(86)79(12)55(38-49-28-30-50(70)31-29-49)67(92)76(9)40-57(83)71-51(36-47-24-18-16-19-25-47)63(88)72-52(34-43(2)3)65(90)81(14)56(37-48-26-20-17-21-27-48)68(93)80(13)54(35-44(4)5)64(89)73-53(66(91)82-32-22-23-33-82)39-58(84)78(11)46(7)62(87)74-61/h16-21,24-31,43-46,51-56,61H,15,22-23,32-42H2,1-14H3,(H,71,83)(H,72,88)(H,73,89)(H,74,87)/t45-,46-,51-,52-,53?,54-,55-,56-,61-/m0/s1. The molecule has 94 heavy (non-hydrogen) atoms. The van der Waals surface area contributed by atoms with E-state index in [0.717, 1.165) is 19.6 Å². The SMILES string of the molecule is CC[C@H](C)[C@@H]1NC(=O)[C@H](C)N(C)C(=O)CC(C(=O)N2CCCC2)NC(=O)[C@H](CC(C)C)N(C)C(=O)[C@H](Cc2ccccc2)N(C)C(=O)[C@H](CC(C)C)NC(=O)[C@H](Cc2ccccc2)NC(=O)CN(C)C(=O)[C@H](Cc2ccc(Cl)cc2)N(C)C(=O)CN(C)C(=O)CN(C)C1=O. The first-order chi connectivity index (χ1) is 44.3. The maximum absolute atomic E-state index is 15.4. The van der Waals surface area contributed by atoms with Crippen LogP contribution in [0.2, 0.25) is 5.02 Å². The van der Waals surface area contributed by atoms with E-state index in [1.807, 2.05) is 34.6 Å². The Morgan fingerprint density at radius 1 is 0.489 bits per heavy atom. The molecule has 25 heteroatoms. The van der Waals surface area contributed by atoms with Crippen molar-refractivity contribution in [3.8, 4) is 0 Å². The average molecular weight is 1320 g/mol. The first-order valence-corrected chi connectivity index (χ1v) is 32.8. The summed E-state index contributed by atoms with van der Waals surface area (Å²) in [5.41, 5.74) is 1.92. The van der Waals surface area contributed by atoms with Crippen LogP contribution in [0.4, 0.5) is 0 Å². The second kappa shape index (κ2) is 35.7. The van der Waals surface area contributed by atoms with Gasteiger partial charge in [-0.2, -0.15) is 0 Å². The fourth-order valence-corrected chi connectivity index (χ4v) is 11.6. The quantitative estimate of drug-likeness (QED) is 0.192. The fraction of sp³-hybridized carbons (Fsp3) is 0.565. The number of benzene rings is 3. The summed E-state index contributed by atoms with van der Waals surface area (Å²) in [6.07, 6.45) is 1.23. The highest BCUT2D eigenvalue weighted by atomic mass is 35.5. The lowest BCUT2D eigenvalue weighted by Gasteiger charge is -2.37. The predicted molar refractivity (Wildman–Crippen MR) is 357 cm³/mol. The maximum atomic E-state index is 15.4. The molecule has 0 aliphatic carbocycles. The summed E-state index contributed by atoms with van der Waals surface area (Å²) >= 11 is 6.23. The molecule has 0 bridgehead atoms. The molecular formula is C69H99ClN12O12. The Morgan fingerprint density at radius 3 is 1.55 bits per heavy atom. The van der Waals surface area contributed by atoms with Crippen LogP contribution in [0.15, 0.2) is 84.9 Å². The zero-order valence-corrected chi connectivity index (χ0v) is 57.9. The number of hydrogen-bond acceptors (Lipinski definition) is 12. The minimum Gasteiger partial charge on any atom is -0.342 e. The normalized spacial score (nSPS) is 24.0. The van der Waals surface area contributed by atoms with E-state index in [0.29, 0.717) is 54.1 Å². The van der Waals surface area contributed by atoms with E-state index < -0.39 is 151 Å². The molecule has 4 N–H and O–H groups in total. The van der Waals surface area contributed by atoms with Gasteiger partial charge in [0, 0.05) is 86.7 Å². The zero-order chi connectivity index (χ0) is 69.8. The minimum absolute atomic E-state index is 0.0313.